The van der Waals surface area contributed by atoms with Gasteiger partial charge in [-0.15, -0.1) is 0 Å². The Balaban J connectivity index is 1.32. The molecule has 1 N–H and O–H groups in total. The van der Waals surface area contributed by atoms with Crippen LogP contribution in [0.3, 0.4) is 0 Å². The normalized spacial score (nSPS) is 19.4. The Morgan fingerprint density at radius 1 is 0.841 bits per heavy atom. The molecule has 1 fully saturated rings. The molecule has 3 aromatic carbocycles. The van der Waals surface area contributed by atoms with Crippen LogP contribution in [0.25, 0.3) is 11.2 Å². The third kappa shape index (κ3) is 6.03. The number of imidazole rings is 1. The van der Waals surface area contributed by atoms with Gasteiger partial charge in [0.1, 0.15) is 30.7 Å². The molecule has 1 amide bonds. The van der Waals surface area contributed by atoms with E-state index in [-0.39, 0.29) is 18.3 Å². The van der Waals surface area contributed by atoms with Crippen LogP contribution in [0.5, 0.6) is 0 Å². The molecule has 0 unspecified atom stereocenters. The van der Waals surface area contributed by atoms with E-state index in [9.17, 15) is 14.4 Å². The van der Waals surface area contributed by atoms with Gasteiger partial charge < -0.3 is 19.5 Å². The van der Waals surface area contributed by atoms with Crippen molar-refractivity contribution in [3.8, 4) is 0 Å². The van der Waals surface area contributed by atoms with Crippen molar-refractivity contribution in [2.75, 3.05) is 18.2 Å². The number of hydrogen-bond donors (Lipinski definition) is 1. The standard InChI is InChI=1S/C32H27N5O6S/c1-44-26-25(43-32(40)22-15-9-4-10-16-22)23(17-41-31(39)21-13-7-3-8-14-21)42-30(26)37-19-35-27-24(37)28(34-18-33-27)36-29(38)20-11-5-2-6-12-20/h2-16,18-19,23,25-26,30H,17H2,1H3,(H,33,34,36,38)/t23-,25+,26-,30-/m0/s1. The number of thioether (sulfide) groups is 1. The summed E-state index contributed by atoms with van der Waals surface area (Å²) in [4.78, 5) is 52.0. The van der Waals surface area contributed by atoms with Crippen molar-refractivity contribution in [1.29, 1.82) is 0 Å². The van der Waals surface area contributed by atoms with E-state index in [1.807, 2.05) is 18.4 Å². The van der Waals surface area contributed by atoms with Gasteiger partial charge in [-0.3, -0.25) is 9.36 Å². The first-order chi connectivity index (χ1) is 21.5. The molecule has 1 saturated heterocycles. The number of ether oxygens (including phenoxy) is 3. The summed E-state index contributed by atoms with van der Waals surface area (Å²) in [7, 11) is 0. The number of fused-ring (bicyclic) bond motifs is 1. The molecule has 0 bridgehead atoms. The van der Waals surface area contributed by atoms with Crippen molar-refractivity contribution >= 4 is 46.6 Å². The van der Waals surface area contributed by atoms with Crippen molar-refractivity contribution < 1.29 is 28.6 Å². The minimum atomic E-state index is -0.817. The van der Waals surface area contributed by atoms with Crippen LogP contribution in [0.1, 0.15) is 37.3 Å². The van der Waals surface area contributed by atoms with Crippen LogP contribution in [0.15, 0.2) is 104 Å². The third-order valence-electron chi connectivity index (χ3n) is 7.11. The van der Waals surface area contributed by atoms with Crippen molar-refractivity contribution in [2.24, 2.45) is 0 Å². The Hall–Kier alpha value is -5.07. The van der Waals surface area contributed by atoms with Gasteiger partial charge >= 0.3 is 11.9 Å². The SMILES string of the molecule is CS[C@H]1[C@H](OC(=O)c2ccccc2)[C@H](COC(=O)c2ccccc2)O[C@@H]1n1cnc2ncnc(NC(=O)c3ccccc3)c21. The molecule has 44 heavy (non-hydrogen) atoms. The zero-order valence-electron chi connectivity index (χ0n) is 23.5. The van der Waals surface area contributed by atoms with E-state index >= 15 is 0 Å². The van der Waals surface area contributed by atoms with E-state index in [0.717, 1.165) is 0 Å². The zero-order valence-corrected chi connectivity index (χ0v) is 24.3. The summed E-state index contributed by atoms with van der Waals surface area (Å²) >= 11 is 1.42. The van der Waals surface area contributed by atoms with E-state index in [0.29, 0.717) is 27.9 Å². The molecule has 1 aliphatic heterocycles. The van der Waals surface area contributed by atoms with Gasteiger partial charge in [0.25, 0.3) is 5.91 Å². The number of nitrogens with zero attached hydrogens (tertiary/aromatic N) is 4. The van der Waals surface area contributed by atoms with Gasteiger partial charge in [0.05, 0.1) is 22.7 Å². The van der Waals surface area contributed by atoms with Gasteiger partial charge in [0, 0.05) is 5.56 Å². The number of amides is 1. The Labute approximate surface area is 256 Å². The molecule has 0 saturated carbocycles. The Kier molecular flexibility index (Phi) is 8.62. The number of anilines is 1. The molecule has 0 spiro atoms. The average molecular weight is 610 g/mol. The van der Waals surface area contributed by atoms with Gasteiger partial charge in [-0.25, -0.2) is 24.5 Å². The van der Waals surface area contributed by atoms with E-state index in [2.05, 4.69) is 20.3 Å². The summed E-state index contributed by atoms with van der Waals surface area (Å²) in [6, 6.07) is 26.0. The molecule has 3 heterocycles. The molecule has 6 rings (SSSR count). The molecule has 2 aromatic heterocycles. The number of esters is 2. The van der Waals surface area contributed by atoms with Crippen molar-refractivity contribution in [3.05, 3.63) is 120 Å². The second kappa shape index (κ2) is 13.1. The van der Waals surface area contributed by atoms with Crippen molar-refractivity contribution in [1.82, 2.24) is 19.5 Å². The second-order valence-electron chi connectivity index (χ2n) is 9.83. The summed E-state index contributed by atoms with van der Waals surface area (Å²) < 4.78 is 19.8. The second-order valence-corrected chi connectivity index (χ2v) is 10.8. The predicted molar refractivity (Wildman–Crippen MR) is 163 cm³/mol. The predicted octanol–water partition coefficient (Wildman–Crippen LogP) is 4.79. The number of aromatic nitrogens is 4. The lowest BCUT2D eigenvalue weighted by molar-refractivity contribution is -0.0561. The molecule has 11 nitrogen and oxygen atoms in total. The monoisotopic (exact) mass is 609 g/mol. The Morgan fingerprint density at radius 3 is 2.09 bits per heavy atom. The highest BCUT2D eigenvalue weighted by Crippen LogP contribution is 2.41. The number of benzene rings is 3. The molecular weight excluding hydrogens is 582 g/mol. The largest absolute Gasteiger partial charge is 0.459 e. The van der Waals surface area contributed by atoms with Gasteiger partial charge in [0.2, 0.25) is 0 Å². The molecule has 1 aliphatic rings. The lowest BCUT2D eigenvalue weighted by Crippen LogP contribution is -2.37. The van der Waals surface area contributed by atoms with E-state index in [1.54, 1.807) is 89.8 Å². The van der Waals surface area contributed by atoms with E-state index in [4.69, 9.17) is 14.2 Å². The van der Waals surface area contributed by atoms with Crippen molar-refractivity contribution in [2.45, 2.75) is 23.7 Å². The molecular formula is C32H27N5O6S. The molecule has 12 heteroatoms. The fourth-order valence-corrected chi connectivity index (χ4v) is 5.90. The third-order valence-corrected chi connectivity index (χ3v) is 8.15. The lowest BCUT2D eigenvalue weighted by Gasteiger charge is -2.23. The van der Waals surface area contributed by atoms with Crippen LogP contribution >= 0.6 is 11.8 Å². The van der Waals surface area contributed by atoms with Crippen LogP contribution < -0.4 is 5.32 Å². The molecule has 222 valence electrons. The maximum Gasteiger partial charge on any atom is 0.338 e. The van der Waals surface area contributed by atoms with Crippen LogP contribution in [0, 0.1) is 0 Å². The molecule has 0 radical (unpaired) electrons. The summed E-state index contributed by atoms with van der Waals surface area (Å²) in [5.74, 6) is -1.18. The zero-order chi connectivity index (χ0) is 30.5. The number of carbonyl (C=O) groups is 3. The van der Waals surface area contributed by atoms with Gasteiger partial charge in [-0.2, -0.15) is 11.8 Å². The summed E-state index contributed by atoms with van der Waals surface area (Å²) in [5, 5.41) is 2.39. The average Bonchev–Trinajstić information content (AvgIpc) is 3.66. The Bertz CT molecular complexity index is 1770. The first kappa shape index (κ1) is 29.0. The maximum atomic E-state index is 13.2. The minimum absolute atomic E-state index is 0.172. The first-order valence-corrected chi connectivity index (χ1v) is 15.0. The number of rotatable bonds is 9. The van der Waals surface area contributed by atoms with E-state index in [1.165, 1.54) is 18.1 Å². The highest BCUT2D eigenvalue weighted by Gasteiger charge is 2.49. The fraction of sp³-hybridized carbons (Fsp3) is 0.188. The van der Waals surface area contributed by atoms with E-state index < -0.39 is 35.6 Å². The molecule has 4 atom stereocenters. The summed E-state index contributed by atoms with van der Waals surface area (Å²) in [6.45, 7) is -0.172. The number of carbonyl (C=O) groups excluding carboxylic acids is 3. The highest BCUT2D eigenvalue weighted by molar-refractivity contribution is 7.99. The fourth-order valence-electron chi connectivity index (χ4n) is 4.97. The topological polar surface area (TPSA) is 135 Å². The number of nitrogens with one attached hydrogen (secondary N) is 1. The van der Waals surface area contributed by atoms with Crippen LogP contribution in [-0.4, -0.2) is 67.7 Å². The van der Waals surface area contributed by atoms with Gasteiger partial charge in [-0.1, -0.05) is 54.6 Å². The van der Waals surface area contributed by atoms with Crippen molar-refractivity contribution in [3.63, 3.8) is 0 Å². The quantitative estimate of drug-likeness (QED) is 0.233. The Morgan fingerprint density at radius 2 is 1.45 bits per heavy atom. The molecule has 5 aromatic rings. The highest BCUT2D eigenvalue weighted by atomic mass is 32.2. The minimum Gasteiger partial charge on any atom is -0.459 e. The summed E-state index contributed by atoms with van der Waals surface area (Å²) in [5.41, 5.74) is 1.98. The lowest BCUT2D eigenvalue weighted by atomic mass is 10.1. The molecule has 0 aliphatic carbocycles. The van der Waals surface area contributed by atoms with Crippen LogP contribution in [0.4, 0.5) is 5.82 Å². The van der Waals surface area contributed by atoms with Crippen LogP contribution in [0.2, 0.25) is 0 Å². The van der Waals surface area contributed by atoms with Crippen LogP contribution in [-0.2, 0) is 14.2 Å². The van der Waals surface area contributed by atoms with Gasteiger partial charge in [-0.05, 0) is 42.7 Å². The first-order valence-electron chi connectivity index (χ1n) is 13.7. The number of hydrogen-bond acceptors (Lipinski definition) is 10. The van der Waals surface area contributed by atoms with Gasteiger partial charge in [0.15, 0.2) is 17.7 Å². The summed E-state index contributed by atoms with van der Waals surface area (Å²) in [6.07, 6.45) is 2.36. The smallest absolute Gasteiger partial charge is 0.338 e. The maximum absolute atomic E-state index is 13.2.